The number of aryl methyl sites for hydroxylation is 1. The molecule has 1 rings (SSSR count). The molecular weight excluding hydrogens is 306 g/mol. The van der Waals surface area contributed by atoms with Crippen LogP contribution in [-0.2, 0) is 23.0 Å². The van der Waals surface area contributed by atoms with Crippen LogP contribution in [-0.4, -0.2) is 61.6 Å². The van der Waals surface area contributed by atoms with Gasteiger partial charge >= 0.3 is 0 Å². The molecule has 10 heteroatoms. The Morgan fingerprint density at radius 1 is 1.32 bits per heavy atom. The largest absolute Gasteiger partial charge is 0.357 e. The molecule has 0 spiro atoms. The second-order valence-corrected chi connectivity index (χ2v) is 6.48. The molecule has 0 aromatic carbocycles. The second kappa shape index (κ2) is 9.36. The van der Waals surface area contributed by atoms with E-state index in [0.717, 1.165) is 31.6 Å². The predicted octanol–water partition coefficient (Wildman–Crippen LogP) is -1.06. The second-order valence-electron chi connectivity index (χ2n) is 4.65. The van der Waals surface area contributed by atoms with Gasteiger partial charge in [-0.15, -0.1) is 10.2 Å². The molecule has 22 heavy (non-hydrogen) atoms. The highest BCUT2D eigenvalue weighted by Gasteiger charge is 2.02. The summed E-state index contributed by atoms with van der Waals surface area (Å²) in [7, 11) is -3.17. The Hall–Kier alpha value is -1.68. The van der Waals surface area contributed by atoms with Crippen LogP contribution in [0.5, 0.6) is 0 Å². The number of nitrogens with zero attached hydrogens (tertiary/aromatic N) is 4. The summed E-state index contributed by atoms with van der Waals surface area (Å²) in [5.74, 6) is 1.60. The minimum Gasteiger partial charge on any atom is -0.357 e. The first kappa shape index (κ1) is 18.4. The first-order valence-corrected chi connectivity index (χ1v) is 9.19. The molecule has 1 aromatic rings. The first-order chi connectivity index (χ1) is 10.5. The third kappa shape index (κ3) is 7.36. The van der Waals surface area contributed by atoms with Crippen LogP contribution in [0.1, 0.15) is 19.7 Å². The lowest BCUT2D eigenvalue weighted by atomic mass is 10.4. The third-order valence-electron chi connectivity index (χ3n) is 2.75. The molecule has 0 amide bonds. The zero-order valence-electron chi connectivity index (χ0n) is 13.3. The van der Waals surface area contributed by atoms with Crippen molar-refractivity contribution >= 4 is 16.0 Å². The molecule has 9 nitrogen and oxygen atoms in total. The maximum Gasteiger partial charge on any atom is 0.208 e. The Kier molecular flexibility index (Phi) is 7.82. The van der Waals surface area contributed by atoms with Crippen molar-refractivity contribution in [1.29, 1.82) is 0 Å². The minimum absolute atomic E-state index is 0.279. The fourth-order valence-electron chi connectivity index (χ4n) is 1.77. The van der Waals surface area contributed by atoms with Gasteiger partial charge in [-0.05, 0) is 6.92 Å². The smallest absolute Gasteiger partial charge is 0.208 e. The van der Waals surface area contributed by atoms with Gasteiger partial charge in [0.1, 0.15) is 12.2 Å². The third-order valence-corrected chi connectivity index (χ3v) is 3.48. The highest BCUT2D eigenvalue weighted by molar-refractivity contribution is 7.88. The lowest BCUT2D eigenvalue weighted by Gasteiger charge is -2.12. The van der Waals surface area contributed by atoms with Gasteiger partial charge in [-0.2, -0.15) is 0 Å². The summed E-state index contributed by atoms with van der Waals surface area (Å²) in [5.41, 5.74) is 0. The number of rotatable bonds is 9. The van der Waals surface area contributed by atoms with Crippen LogP contribution in [0, 0.1) is 0 Å². The summed E-state index contributed by atoms with van der Waals surface area (Å²) < 4.78 is 26.3. The Bertz CT molecular complexity index is 568. The molecule has 0 unspecified atom stereocenters. The van der Waals surface area contributed by atoms with E-state index in [0.29, 0.717) is 19.0 Å². The molecule has 0 aliphatic carbocycles. The number of aromatic nitrogens is 3. The maximum atomic E-state index is 11.0. The summed E-state index contributed by atoms with van der Waals surface area (Å²) in [6.45, 7) is 6.81. The number of nitrogens with one attached hydrogen (secondary N) is 3. The standard InChI is InChI=1S/C12H25N7O2S/c1-4-11-18-16-10-19(11)9-8-15-12(13-5-2)14-6-7-17-22(3,20)21/h10,17H,4-9H2,1-3H3,(H2,13,14,15). The van der Waals surface area contributed by atoms with Crippen LogP contribution in [0.25, 0.3) is 0 Å². The topological polar surface area (TPSA) is 113 Å². The lowest BCUT2D eigenvalue weighted by molar-refractivity contribution is 0.588. The van der Waals surface area contributed by atoms with E-state index in [2.05, 4.69) is 30.5 Å². The molecule has 3 N–H and O–H groups in total. The fourth-order valence-corrected chi connectivity index (χ4v) is 2.24. The number of sulfonamides is 1. The zero-order valence-corrected chi connectivity index (χ0v) is 14.2. The molecule has 0 atom stereocenters. The van der Waals surface area contributed by atoms with E-state index >= 15 is 0 Å². The van der Waals surface area contributed by atoms with Gasteiger partial charge in [-0.1, -0.05) is 6.92 Å². The SMILES string of the molecule is CCNC(=NCCNS(C)(=O)=O)NCCn1cnnc1CC. The van der Waals surface area contributed by atoms with E-state index in [1.165, 1.54) is 0 Å². The summed E-state index contributed by atoms with van der Waals surface area (Å²) in [4.78, 5) is 4.30. The van der Waals surface area contributed by atoms with E-state index in [1.54, 1.807) is 6.33 Å². The molecule has 0 saturated heterocycles. The van der Waals surface area contributed by atoms with Crippen molar-refractivity contribution in [2.24, 2.45) is 4.99 Å². The Morgan fingerprint density at radius 2 is 2.09 bits per heavy atom. The summed E-state index contributed by atoms with van der Waals surface area (Å²) in [5, 5.41) is 14.2. The average Bonchev–Trinajstić information content (AvgIpc) is 2.90. The van der Waals surface area contributed by atoms with Crippen molar-refractivity contribution in [2.45, 2.75) is 26.8 Å². The van der Waals surface area contributed by atoms with E-state index < -0.39 is 10.0 Å². The maximum absolute atomic E-state index is 11.0. The zero-order chi connectivity index (χ0) is 16.4. The summed E-state index contributed by atoms with van der Waals surface area (Å²) >= 11 is 0. The van der Waals surface area contributed by atoms with Gasteiger partial charge < -0.3 is 15.2 Å². The monoisotopic (exact) mass is 331 g/mol. The van der Waals surface area contributed by atoms with Gasteiger partial charge in [0, 0.05) is 32.6 Å². The van der Waals surface area contributed by atoms with Crippen molar-refractivity contribution in [2.75, 3.05) is 32.4 Å². The van der Waals surface area contributed by atoms with Gasteiger partial charge in [0.25, 0.3) is 0 Å². The van der Waals surface area contributed by atoms with Gasteiger partial charge in [0.2, 0.25) is 10.0 Å². The highest BCUT2D eigenvalue weighted by Crippen LogP contribution is 1.94. The molecule has 1 aromatic heterocycles. The van der Waals surface area contributed by atoms with Crippen LogP contribution in [0.2, 0.25) is 0 Å². The van der Waals surface area contributed by atoms with Crippen molar-refractivity contribution in [3.8, 4) is 0 Å². The Labute approximate surface area is 131 Å². The summed E-state index contributed by atoms with van der Waals surface area (Å²) in [6, 6.07) is 0. The molecule has 0 aliphatic heterocycles. The highest BCUT2D eigenvalue weighted by atomic mass is 32.2. The Morgan fingerprint density at radius 3 is 2.73 bits per heavy atom. The van der Waals surface area contributed by atoms with E-state index in [-0.39, 0.29) is 6.54 Å². The Balaban J connectivity index is 2.40. The molecule has 1 heterocycles. The molecule has 0 radical (unpaired) electrons. The van der Waals surface area contributed by atoms with E-state index in [1.807, 2.05) is 18.4 Å². The van der Waals surface area contributed by atoms with Gasteiger partial charge in [0.05, 0.1) is 12.8 Å². The van der Waals surface area contributed by atoms with Crippen LogP contribution < -0.4 is 15.4 Å². The van der Waals surface area contributed by atoms with Crippen LogP contribution in [0.3, 0.4) is 0 Å². The lowest BCUT2D eigenvalue weighted by Crippen LogP contribution is -2.39. The van der Waals surface area contributed by atoms with Crippen molar-refractivity contribution in [3.05, 3.63) is 12.2 Å². The average molecular weight is 331 g/mol. The normalized spacial score (nSPS) is 12.4. The van der Waals surface area contributed by atoms with Crippen molar-refractivity contribution in [3.63, 3.8) is 0 Å². The summed E-state index contributed by atoms with van der Waals surface area (Å²) in [6.07, 6.45) is 3.68. The molecule has 126 valence electrons. The van der Waals surface area contributed by atoms with Crippen LogP contribution in [0.4, 0.5) is 0 Å². The van der Waals surface area contributed by atoms with Gasteiger partial charge in [-0.25, -0.2) is 13.1 Å². The van der Waals surface area contributed by atoms with Crippen molar-refractivity contribution < 1.29 is 8.42 Å². The number of hydrogen-bond acceptors (Lipinski definition) is 5. The van der Waals surface area contributed by atoms with E-state index in [9.17, 15) is 8.42 Å². The van der Waals surface area contributed by atoms with Gasteiger partial charge in [-0.3, -0.25) is 4.99 Å². The van der Waals surface area contributed by atoms with E-state index in [4.69, 9.17) is 0 Å². The fraction of sp³-hybridized carbons (Fsp3) is 0.750. The number of aliphatic imine (C=N–C) groups is 1. The molecular formula is C12H25N7O2S. The molecule has 0 saturated carbocycles. The number of guanidine groups is 1. The number of hydrogen-bond donors (Lipinski definition) is 3. The molecule has 0 fully saturated rings. The predicted molar refractivity (Wildman–Crippen MR) is 86.2 cm³/mol. The molecule has 0 aliphatic rings. The quantitative estimate of drug-likeness (QED) is 0.302. The van der Waals surface area contributed by atoms with Crippen LogP contribution >= 0.6 is 0 Å². The first-order valence-electron chi connectivity index (χ1n) is 7.29. The van der Waals surface area contributed by atoms with Crippen LogP contribution in [0.15, 0.2) is 11.3 Å². The van der Waals surface area contributed by atoms with Gasteiger partial charge in [0.15, 0.2) is 5.96 Å². The minimum atomic E-state index is -3.17. The molecule has 0 bridgehead atoms. The van der Waals surface area contributed by atoms with Crippen molar-refractivity contribution in [1.82, 2.24) is 30.1 Å².